The lowest BCUT2D eigenvalue weighted by Gasteiger charge is -2.10. The van der Waals surface area contributed by atoms with Gasteiger partial charge in [0.2, 0.25) is 0 Å². The maximum Gasteiger partial charge on any atom is 0.280 e. The first-order valence-electron chi connectivity index (χ1n) is 7.97. The molecule has 1 aromatic carbocycles. The van der Waals surface area contributed by atoms with Crippen LogP contribution >= 0.6 is 0 Å². The number of H-pyrrole nitrogens is 1. The Balaban J connectivity index is 1.70. The molecule has 0 bridgehead atoms. The molecule has 27 heavy (non-hydrogen) atoms. The van der Waals surface area contributed by atoms with E-state index >= 15 is 0 Å². The Morgan fingerprint density at radius 1 is 1.30 bits per heavy atom. The first kappa shape index (κ1) is 16.5. The molecule has 1 amide bonds. The number of carbonyl (C=O) groups excluding carboxylic acids is 1. The summed E-state index contributed by atoms with van der Waals surface area (Å²) in [5, 5.41) is 18.2. The molecule has 4 aromatic rings. The molecule has 3 heterocycles. The fourth-order valence-corrected chi connectivity index (χ4v) is 2.72. The number of rotatable bonds is 4. The van der Waals surface area contributed by atoms with Crippen LogP contribution in [0.1, 0.15) is 10.4 Å². The van der Waals surface area contributed by atoms with Crippen LogP contribution in [-0.4, -0.2) is 42.8 Å². The van der Waals surface area contributed by atoms with E-state index in [0.29, 0.717) is 17.1 Å². The normalized spacial score (nSPS) is 10.9. The Labute approximate surface area is 152 Å². The third-order valence-corrected chi connectivity index (χ3v) is 4.03. The van der Waals surface area contributed by atoms with Crippen molar-refractivity contribution in [3.8, 4) is 11.6 Å². The lowest BCUT2D eigenvalue weighted by molar-refractivity contribution is 0.102. The molecule has 10 nitrogen and oxygen atoms in total. The minimum Gasteiger partial charge on any atom is -0.496 e. The quantitative estimate of drug-likeness (QED) is 0.559. The first-order valence-corrected chi connectivity index (χ1v) is 7.97. The third-order valence-electron chi connectivity index (χ3n) is 4.03. The van der Waals surface area contributed by atoms with Crippen LogP contribution in [0.5, 0.6) is 5.75 Å². The van der Waals surface area contributed by atoms with E-state index in [1.54, 1.807) is 37.6 Å². The highest BCUT2D eigenvalue weighted by molar-refractivity contribution is 6.08. The van der Waals surface area contributed by atoms with Crippen molar-refractivity contribution in [3.63, 3.8) is 0 Å². The molecule has 0 fully saturated rings. The number of aromatic amines is 1. The van der Waals surface area contributed by atoms with E-state index in [2.05, 4.69) is 25.7 Å². The summed E-state index contributed by atoms with van der Waals surface area (Å²) >= 11 is 0. The lowest BCUT2D eigenvalue weighted by atomic mass is 10.1. The number of methoxy groups -OCH3 is 1. The van der Waals surface area contributed by atoms with Crippen molar-refractivity contribution >= 4 is 22.5 Å². The summed E-state index contributed by atoms with van der Waals surface area (Å²) in [6.07, 6.45) is 4.62. The summed E-state index contributed by atoms with van der Waals surface area (Å²) in [5.74, 6) is 0.259. The Bertz CT molecular complexity index is 1200. The number of hydrogen-bond donors (Lipinski definition) is 2. The molecular weight excluding hydrogens is 350 g/mol. The van der Waals surface area contributed by atoms with Gasteiger partial charge in [0.25, 0.3) is 11.5 Å². The molecule has 0 aliphatic heterocycles. The Kier molecular flexibility index (Phi) is 3.92. The maximum atomic E-state index is 12.8. The molecule has 10 heteroatoms. The number of nitrogens with zero attached hydrogens (tertiary/aromatic N) is 5. The van der Waals surface area contributed by atoms with Gasteiger partial charge in [-0.15, -0.1) is 5.10 Å². The average Bonchev–Trinajstić information content (AvgIpc) is 3.30. The number of aryl methyl sites for hydroxylation is 1. The van der Waals surface area contributed by atoms with Gasteiger partial charge in [-0.3, -0.25) is 19.3 Å². The van der Waals surface area contributed by atoms with Gasteiger partial charge in [-0.1, -0.05) is 0 Å². The summed E-state index contributed by atoms with van der Waals surface area (Å²) < 4.78 is 6.60. The SMILES string of the molecule is COc1cc2[nH]ncc2cc1C(=O)Nc1cccn(-c2cnn(C)n2)c1=O. The van der Waals surface area contributed by atoms with Crippen LogP contribution < -0.4 is 15.6 Å². The van der Waals surface area contributed by atoms with Gasteiger partial charge in [0, 0.05) is 24.7 Å². The Morgan fingerprint density at radius 2 is 2.15 bits per heavy atom. The van der Waals surface area contributed by atoms with Crippen molar-refractivity contribution in [1.82, 2.24) is 29.8 Å². The molecule has 0 saturated heterocycles. The highest BCUT2D eigenvalue weighted by Crippen LogP contribution is 2.25. The molecule has 0 saturated carbocycles. The van der Waals surface area contributed by atoms with Crippen LogP contribution in [0.2, 0.25) is 0 Å². The van der Waals surface area contributed by atoms with Gasteiger partial charge in [-0.05, 0) is 18.2 Å². The zero-order valence-electron chi connectivity index (χ0n) is 14.5. The van der Waals surface area contributed by atoms with Gasteiger partial charge < -0.3 is 10.1 Å². The average molecular weight is 365 g/mol. The minimum atomic E-state index is -0.469. The number of aromatic nitrogens is 6. The van der Waals surface area contributed by atoms with Crippen molar-refractivity contribution < 1.29 is 9.53 Å². The third kappa shape index (κ3) is 2.92. The van der Waals surface area contributed by atoms with Crippen LogP contribution in [0.25, 0.3) is 16.7 Å². The number of carbonyl (C=O) groups is 1. The monoisotopic (exact) mass is 365 g/mol. The number of anilines is 1. The lowest BCUT2D eigenvalue weighted by Crippen LogP contribution is -2.25. The van der Waals surface area contributed by atoms with E-state index in [0.717, 1.165) is 10.9 Å². The van der Waals surface area contributed by atoms with Crippen molar-refractivity contribution in [3.05, 3.63) is 58.8 Å². The number of fused-ring (bicyclic) bond motifs is 1. The van der Waals surface area contributed by atoms with Crippen LogP contribution in [-0.2, 0) is 7.05 Å². The van der Waals surface area contributed by atoms with Crippen molar-refractivity contribution in [1.29, 1.82) is 0 Å². The highest BCUT2D eigenvalue weighted by Gasteiger charge is 2.17. The van der Waals surface area contributed by atoms with Gasteiger partial charge in [0.15, 0.2) is 5.82 Å². The minimum absolute atomic E-state index is 0.113. The standard InChI is InChI=1S/C17H15N7O3/c1-23-19-9-15(22-23)24-5-3-4-12(17(24)26)20-16(25)11-6-10-8-18-21-13(10)7-14(11)27-2/h3-9H,1-2H3,(H,18,21)(H,20,25). The summed E-state index contributed by atoms with van der Waals surface area (Å²) in [5.41, 5.74) is 0.728. The number of benzene rings is 1. The topological polar surface area (TPSA) is 120 Å². The zero-order valence-corrected chi connectivity index (χ0v) is 14.5. The molecular formula is C17H15N7O3. The van der Waals surface area contributed by atoms with E-state index < -0.39 is 11.5 Å². The zero-order chi connectivity index (χ0) is 19.0. The predicted octanol–water partition coefficient (Wildman–Crippen LogP) is 1.10. The van der Waals surface area contributed by atoms with Gasteiger partial charge in [0.1, 0.15) is 11.4 Å². The maximum absolute atomic E-state index is 12.8. The van der Waals surface area contributed by atoms with Crippen LogP contribution in [0.4, 0.5) is 5.69 Å². The van der Waals surface area contributed by atoms with Crippen LogP contribution in [0, 0.1) is 0 Å². The number of ether oxygens (including phenoxy) is 1. The smallest absolute Gasteiger partial charge is 0.280 e. The molecule has 136 valence electrons. The summed E-state index contributed by atoms with van der Waals surface area (Å²) in [7, 11) is 3.12. The van der Waals surface area contributed by atoms with Crippen molar-refractivity contribution in [2.75, 3.05) is 12.4 Å². The summed E-state index contributed by atoms with van der Waals surface area (Å²) in [4.78, 5) is 26.8. The summed E-state index contributed by atoms with van der Waals surface area (Å²) in [6, 6.07) is 6.50. The van der Waals surface area contributed by atoms with Crippen LogP contribution in [0.15, 0.2) is 47.7 Å². The fourth-order valence-electron chi connectivity index (χ4n) is 2.72. The van der Waals surface area contributed by atoms with E-state index in [-0.39, 0.29) is 5.69 Å². The van der Waals surface area contributed by atoms with Gasteiger partial charge in [0.05, 0.1) is 30.6 Å². The molecule has 0 spiro atoms. The molecule has 0 aliphatic carbocycles. The molecule has 0 atom stereocenters. The molecule has 3 aromatic heterocycles. The molecule has 0 radical (unpaired) electrons. The van der Waals surface area contributed by atoms with E-state index in [1.165, 1.54) is 28.7 Å². The number of pyridine rings is 1. The molecule has 2 N–H and O–H groups in total. The molecule has 0 unspecified atom stereocenters. The van der Waals surface area contributed by atoms with Crippen molar-refractivity contribution in [2.24, 2.45) is 7.05 Å². The van der Waals surface area contributed by atoms with E-state index in [1.807, 2.05) is 0 Å². The van der Waals surface area contributed by atoms with E-state index in [9.17, 15) is 9.59 Å². The van der Waals surface area contributed by atoms with E-state index in [4.69, 9.17) is 4.74 Å². The molecule has 4 rings (SSSR count). The second-order valence-corrected chi connectivity index (χ2v) is 5.75. The fraction of sp³-hybridized carbons (Fsp3) is 0.118. The number of amides is 1. The predicted molar refractivity (Wildman–Crippen MR) is 97.2 cm³/mol. The number of hydrogen-bond acceptors (Lipinski definition) is 6. The highest BCUT2D eigenvalue weighted by atomic mass is 16.5. The van der Waals surface area contributed by atoms with Crippen molar-refractivity contribution in [2.45, 2.75) is 0 Å². The largest absolute Gasteiger partial charge is 0.496 e. The Hall–Kier alpha value is -3.95. The Morgan fingerprint density at radius 3 is 2.89 bits per heavy atom. The number of nitrogens with one attached hydrogen (secondary N) is 2. The summed E-state index contributed by atoms with van der Waals surface area (Å²) in [6.45, 7) is 0. The van der Waals surface area contributed by atoms with Gasteiger partial charge in [-0.25, -0.2) is 0 Å². The van der Waals surface area contributed by atoms with Gasteiger partial charge >= 0.3 is 0 Å². The second-order valence-electron chi connectivity index (χ2n) is 5.75. The molecule has 0 aliphatic rings. The van der Waals surface area contributed by atoms with Crippen LogP contribution in [0.3, 0.4) is 0 Å². The van der Waals surface area contributed by atoms with Gasteiger partial charge in [-0.2, -0.15) is 15.0 Å². The second kappa shape index (κ2) is 6.41. The first-order chi connectivity index (χ1) is 13.1.